The molecule has 1 aliphatic carbocycles. The summed E-state index contributed by atoms with van der Waals surface area (Å²) in [6.45, 7) is 12.4. The van der Waals surface area contributed by atoms with E-state index in [1.54, 1.807) is 72.1 Å². The second-order valence-corrected chi connectivity index (χ2v) is 16.5. The lowest BCUT2D eigenvalue weighted by Gasteiger charge is -2.38. The van der Waals surface area contributed by atoms with Crippen LogP contribution in [0.4, 0.5) is 14.9 Å². The number of hydrogen-bond acceptors (Lipinski definition) is 6. The van der Waals surface area contributed by atoms with Crippen molar-refractivity contribution in [1.82, 2.24) is 14.6 Å². The van der Waals surface area contributed by atoms with Crippen LogP contribution in [0.15, 0.2) is 42.7 Å². The second-order valence-electron chi connectivity index (χ2n) is 14.0. The first kappa shape index (κ1) is 32.9. The van der Waals surface area contributed by atoms with Gasteiger partial charge in [-0.05, 0) is 108 Å². The minimum absolute atomic E-state index is 0.0491. The molecule has 1 saturated heterocycles. The third-order valence-corrected chi connectivity index (χ3v) is 10.3. The van der Waals surface area contributed by atoms with E-state index in [4.69, 9.17) is 4.74 Å². The third-order valence-electron chi connectivity index (χ3n) is 8.07. The van der Waals surface area contributed by atoms with Crippen molar-refractivity contribution in [2.45, 2.75) is 102 Å². The summed E-state index contributed by atoms with van der Waals surface area (Å²) >= 11 is 0. The Morgan fingerprint density at radius 3 is 2.28 bits per heavy atom. The Bertz CT molecular complexity index is 1430. The van der Waals surface area contributed by atoms with Crippen molar-refractivity contribution in [2.24, 2.45) is 11.8 Å². The van der Waals surface area contributed by atoms with Crippen molar-refractivity contribution in [3.63, 3.8) is 0 Å². The Hall–Kier alpha value is -3.05. The van der Waals surface area contributed by atoms with Gasteiger partial charge in [0.1, 0.15) is 17.5 Å². The van der Waals surface area contributed by atoms with Gasteiger partial charge in [0.25, 0.3) is 0 Å². The van der Waals surface area contributed by atoms with Crippen molar-refractivity contribution < 1.29 is 27.1 Å². The monoisotopic (exact) mass is 616 g/mol. The Morgan fingerprint density at radius 1 is 1.05 bits per heavy atom. The molecule has 0 radical (unpaired) electrons. The second kappa shape index (κ2) is 12.1. The number of rotatable bonds is 9. The summed E-state index contributed by atoms with van der Waals surface area (Å²) in [5.41, 5.74) is -0.907. The van der Waals surface area contributed by atoms with Crippen molar-refractivity contribution >= 4 is 27.7 Å². The molecule has 3 atom stereocenters. The number of ether oxygens (including phenoxy) is 1. The molecule has 2 fully saturated rings. The van der Waals surface area contributed by atoms with E-state index in [-0.39, 0.29) is 11.6 Å². The molecule has 236 valence electrons. The molecule has 0 unspecified atom stereocenters. The number of pyridine rings is 1. The lowest BCUT2D eigenvalue weighted by molar-refractivity contribution is -0.120. The minimum atomic E-state index is -3.89. The highest BCUT2D eigenvalue weighted by Gasteiger charge is 2.44. The quantitative estimate of drug-likeness (QED) is 0.359. The van der Waals surface area contributed by atoms with Gasteiger partial charge in [0, 0.05) is 18.9 Å². The molecule has 1 saturated carbocycles. The van der Waals surface area contributed by atoms with Crippen LogP contribution in [0.5, 0.6) is 0 Å². The summed E-state index contributed by atoms with van der Waals surface area (Å²) in [5, 5.41) is 2.70. The van der Waals surface area contributed by atoms with Gasteiger partial charge in [-0.15, -0.1) is 0 Å². The van der Waals surface area contributed by atoms with Crippen molar-refractivity contribution in [2.75, 3.05) is 11.9 Å². The predicted molar refractivity (Wildman–Crippen MR) is 164 cm³/mol. The third kappa shape index (κ3) is 7.73. The van der Waals surface area contributed by atoms with Gasteiger partial charge >= 0.3 is 6.09 Å². The molecule has 11 heteroatoms. The number of amides is 2. The Kier molecular flexibility index (Phi) is 9.28. The Balaban J connectivity index is 1.74. The number of aromatic nitrogens is 1. The first-order valence-corrected chi connectivity index (χ1v) is 16.4. The average molecular weight is 617 g/mol. The van der Waals surface area contributed by atoms with Gasteiger partial charge in [0.05, 0.1) is 16.0 Å². The fraction of sp³-hybridized carbons (Fsp3) is 0.594. The van der Waals surface area contributed by atoms with Crippen LogP contribution in [0.2, 0.25) is 0 Å². The normalized spacial score (nSPS) is 20.9. The topological polar surface area (TPSA) is 118 Å². The van der Waals surface area contributed by atoms with Crippen LogP contribution in [0.25, 0.3) is 0 Å². The van der Waals surface area contributed by atoms with Gasteiger partial charge in [-0.3, -0.25) is 14.7 Å². The Labute approximate surface area is 255 Å². The van der Waals surface area contributed by atoms with E-state index in [1.165, 1.54) is 17.0 Å². The molecule has 2 N–H and O–H groups in total. The standard InChI is InChI=1S/C32H45FN4O5S/c1-21-18-27(37(20-21)29(39)42-30(2,3)4)28(38)35-26-19-24(10-11-25(26)33)32(15-12-22-8-9-22,23-13-16-34-17-14-23)36-43(40,41)31(5,6)7/h10-11,13-14,16-17,19,21-22,27,36H,8-9,12,15,18,20H2,1-7H3,(H,35,38)/t21-,27-,32+/m1/s1. The SMILES string of the molecule is C[C@@H]1C[C@H](C(=O)Nc2cc([C@@](CCC3CC3)(NS(=O)(=O)C(C)(C)C)c3ccncc3)ccc2F)N(C(=O)OC(C)(C)C)C1. The molecule has 1 aliphatic heterocycles. The lowest BCUT2D eigenvalue weighted by atomic mass is 9.79. The van der Waals surface area contributed by atoms with Gasteiger partial charge in [0.15, 0.2) is 0 Å². The summed E-state index contributed by atoms with van der Waals surface area (Å²) in [6.07, 6.45) is 6.37. The number of likely N-dealkylation sites (tertiary alicyclic amines) is 1. The van der Waals surface area contributed by atoms with Crippen LogP contribution < -0.4 is 10.0 Å². The number of anilines is 1. The molecule has 4 rings (SSSR count). The van der Waals surface area contributed by atoms with Crippen molar-refractivity contribution in [3.8, 4) is 0 Å². The van der Waals surface area contributed by atoms with Crippen LogP contribution >= 0.6 is 0 Å². The zero-order valence-corrected chi connectivity index (χ0v) is 27.1. The maximum Gasteiger partial charge on any atom is 0.410 e. The fourth-order valence-corrected chi connectivity index (χ4v) is 6.49. The van der Waals surface area contributed by atoms with Crippen molar-refractivity contribution in [3.05, 3.63) is 59.7 Å². The van der Waals surface area contributed by atoms with E-state index in [2.05, 4.69) is 15.0 Å². The molecule has 2 aliphatic rings. The van der Waals surface area contributed by atoms with Gasteiger partial charge in [0.2, 0.25) is 15.9 Å². The van der Waals surface area contributed by atoms with Gasteiger partial charge in [-0.25, -0.2) is 22.3 Å². The van der Waals surface area contributed by atoms with Crippen molar-refractivity contribution in [1.29, 1.82) is 0 Å². The summed E-state index contributed by atoms with van der Waals surface area (Å²) in [7, 11) is -3.89. The number of benzene rings is 1. The highest BCUT2D eigenvalue weighted by Crippen LogP contribution is 2.43. The molecule has 0 spiro atoms. The fourth-order valence-electron chi connectivity index (χ4n) is 5.39. The number of nitrogens with zero attached hydrogens (tertiary/aromatic N) is 2. The molecule has 2 heterocycles. The van der Waals surface area contributed by atoms with Gasteiger partial charge < -0.3 is 10.1 Å². The molecular formula is C32H45FN4O5S. The molecule has 9 nitrogen and oxygen atoms in total. The predicted octanol–water partition coefficient (Wildman–Crippen LogP) is 5.96. The van der Waals surface area contributed by atoms with Crippen LogP contribution in [0, 0.1) is 17.7 Å². The summed E-state index contributed by atoms with van der Waals surface area (Å²) in [4.78, 5) is 32.0. The highest BCUT2D eigenvalue weighted by atomic mass is 32.2. The van der Waals surface area contributed by atoms with Crippen LogP contribution in [-0.4, -0.2) is 53.2 Å². The molecule has 2 aromatic rings. The Morgan fingerprint density at radius 2 is 1.70 bits per heavy atom. The summed E-state index contributed by atoms with van der Waals surface area (Å²) in [6, 6.07) is 6.99. The molecule has 1 aromatic carbocycles. The first-order valence-electron chi connectivity index (χ1n) is 15.0. The van der Waals surface area contributed by atoms with E-state index >= 15 is 4.39 Å². The molecular weight excluding hydrogens is 571 g/mol. The summed E-state index contributed by atoms with van der Waals surface area (Å²) < 4.78 is 50.1. The molecule has 43 heavy (non-hydrogen) atoms. The average Bonchev–Trinajstić information content (AvgIpc) is 3.65. The van der Waals surface area contributed by atoms with E-state index < -0.39 is 49.8 Å². The number of carbonyl (C=O) groups is 2. The number of carbonyl (C=O) groups excluding carboxylic acids is 2. The minimum Gasteiger partial charge on any atom is -0.444 e. The maximum atomic E-state index is 15.3. The number of halogens is 1. The molecule has 2 amide bonds. The zero-order chi connectivity index (χ0) is 31.8. The smallest absolute Gasteiger partial charge is 0.410 e. The largest absolute Gasteiger partial charge is 0.444 e. The first-order chi connectivity index (χ1) is 19.9. The highest BCUT2D eigenvalue weighted by molar-refractivity contribution is 7.90. The lowest BCUT2D eigenvalue weighted by Crippen LogP contribution is -2.52. The number of nitrogens with one attached hydrogen (secondary N) is 2. The number of hydrogen-bond donors (Lipinski definition) is 2. The molecule has 0 bridgehead atoms. The summed E-state index contributed by atoms with van der Waals surface area (Å²) in [5.74, 6) is -0.665. The van der Waals surface area contributed by atoms with E-state index in [0.717, 1.165) is 19.3 Å². The van der Waals surface area contributed by atoms with Gasteiger partial charge in [-0.2, -0.15) is 0 Å². The van der Waals surface area contributed by atoms with E-state index in [1.807, 2.05) is 6.92 Å². The van der Waals surface area contributed by atoms with E-state index in [0.29, 0.717) is 36.4 Å². The van der Waals surface area contributed by atoms with Gasteiger partial charge in [-0.1, -0.05) is 25.8 Å². The maximum absolute atomic E-state index is 15.3. The van der Waals surface area contributed by atoms with Crippen LogP contribution in [0.3, 0.4) is 0 Å². The number of sulfonamides is 1. The molecule has 1 aromatic heterocycles. The zero-order valence-electron chi connectivity index (χ0n) is 26.2. The van der Waals surface area contributed by atoms with Crippen LogP contribution in [0.1, 0.15) is 91.7 Å². The van der Waals surface area contributed by atoms with E-state index in [9.17, 15) is 18.0 Å². The van der Waals surface area contributed by atoms with Crippen LogP contribution in [-0.2, 0) is 25.1 Å².